The normalized spacial score (nSPS) is 12.5. The standard InChI is InChI=1S/C2H6O2P.Na/c1-2-5(3)4;/h3H,2H2,1H3;/q-1;+1. The quantitative estimate of drug-likeness (QED) is 0.287. The summed E-state index contributed by atoms with van der Waals surface area (Å²) in [4.78, 5) is 17.4. The van der Waals surface area contributed by atoms with E-state index in [1.807, 2.05) is 0 Å². The zero-order valence-corrected chi connectivity index (χ0v) is 6.90. The zero-order chi connectivity index (χ0) is 4.28. The molecule has 0 heterocycles. The van der Waals surface area contributed by atoms with Crippen LogP contribution in [0.15, 0.2) is 0 Å². The number of hydrogen-bond acceptors (Lipinski definition) is 2. The first-order valence-electron chi connectivity index (χ1n) is 1.41. The first-order valence-corrected chi connectivity index (χ1v) is 2.80. The Kier molecular flexibility index (Phi) is 11.0. The monoisotopic (exact) mass is 116 g/mol. The Morgan fingerprint density at radius 1 is 1.83 bits per heavy atom. The third-order valence-corrected chi connectivity index (χ3v) is 0.812. The van der Waals surface area contributed by atoms with Crippen LogP contribution in [0.5, 0.6) is 0 Å². The molecule has 0 saturated heterocycles. The van der Waals surface area contributed by atoms with E-state index in [2.05, 4.69) is 0 Å². The van der Waals surface area contributed by atoms with Crippen molar-refractivity contribution in [3.63, 3.8) is 0 Å². The molecule has 0 rings (SSSR count). The minimum atomic E-state index is -1.85. The van der Waals surface area contributed by atoms with Gasteiger partial charge < -0.3 is 9.79 Å². The molecule has 32 valence electrons. The predicted octanol–water partition coefficient (Wildman–Crippen LogP) is -3.33. The van der Waals surface area contributed by atoms with Crippen molar-refractivity contribution in [3.8, 4) is 0 Å². The first-order chi connectivity index (χ1) is 2.27. The van der Waals surface area contributed by atoms with Crippen LogP contribution >= 0.6 is 8.38 Å². The third-order valence-electron chi connectivity index (χ3n) is 0.271. The van der Waals surface area contributed by atoms with Gasteiger partial charge in [0.05, 0.1) is 0 Å². The van der Waals surface area contributed by atoms with Gasteiger partial charge >= 0.3 is 29.6 Å². The summed E-state index contributed by atoms with van der Waals surface area (Å²) in [5.41, 5.74) is 0. The van der Waals surface area contributed by atoms with Gasteiger partial charge in [-0.3, -0.25) is 0 Å². The fraction of sp³-hybridized carbons (Fsp3) is 1.00. The Morgan fingerprint density at radius 2 is 2.00 bits per heavy atom. The van der Waals surface area contributed by atoms with Crippen molar-refractivity contribution in [2.45, 2.75) is 6.92 Å². The smallest absolute Gasteiger partial charge is 0.808 e. The Bertz CT molecular complexity index is 25.5. The number of hydrogen-bond donors (Lipinski definition) is 1. The summed E-state index contributed by atoms with van der Waals surface area (Å²) >= 11 is 0. The predicted molar refractivity (Wildman–Crippen MR) is 19.7 cm³/mol. The molecule has 1 N–H and O–H groups in total. The van der Waals surface area contributed by atoms with Crippen molar-refractivity contribution in [1.82, 2.24) is 0 Å². The average molecular weight is 116 g/mol. The molecule has 0 aromatic heterocycles. The summed E-state index contributed by atoms with van der Waals surface area (Å²) in [6, 6.07) is 0. The zero-order valence-electron chi connectivity index (χ0n) is 4.01. The van der Waals surface area contributed by atoms with Crippen LogP contribution < -0.4 is 34.5 Å². The van der Waals surface area contributed by atoms with E-state index < -0.39 is 8.38 Å². The van der Waals surface area contributed by atoms with Gasteiger partial charge in [-0.2, -0.15) is 0 Å². The average Bonchev–Trinajstić information content (AvgIpc) is 1.38. The van der Waals surface area contributed by atoms with E-state index in [4.69, 9.17) is 4.89 Å². The van der Waals surface area contributed by atoms with Crippen molar-refractivity contribution in [2.75, 3.05) is 6.16 Å². The Hall–Kier alpha value is 1.35. The summed E-state index contributed by atoms with van der Waals surface area (Å²) in [6.07, 6.45) is 0.370. The second kappa shape index (κ2) is 6.35. The maximum atomic E-state index is 9.52. The van der Waals surface area contributed by atoms with Crippen molar-refractivity contribution in [3.05, 3.63) is 0 Å². The van der Waals surface area contributed by atoms with Gasteiger partial charge in [-0.25, -0.2) is 0 Å². The molecule has 0 saturated carbocycles. The van der Waals surface area contributed by atoms with Crippen LogP contribution in [-0.4, -0.2) is 11.1 Å². The van der Waals surface area contributed by atoms with Crippen LogP contribution in [0.2, 0.25) is 0 Å². The van der Waals surface area contributed by atoms with Gasteiger partial charge in [0.1, 0.15) is 0 Å². The Labute approximate surface area is 60.8 Å². The van der Waals surface area contributed by atoms with E-state index in [1.165, 1.54) is 0 Å². The van der Waals surface area contributed by atoms with Gasteiger partial charge in [0.2, 0.25) is 0 Å². The van der Waals surface area contributed by atoms with Crippen LogP contribution in [0.4, 0.5) is 0 Å². The van der Waals surface area contributed by atoms with Gasteiger partial charge in [0, 0.05) is 0 Å². The molecule has 0 aromatic carbocycles. The van der Waals surface area contributed by atoms with E-state index in [0.717, 1.165) is 0 Å². The van der Waals surface area contributed by atoms with Crippen LogP contribution in [0.3, 0.4) is 0 Å². The van der Waals surface area contributed by atoms with Crippen molar-refractivity contribution in [2.24, 2.45) is 0 Å². The molecular weight excluding hydrogens is 110 g/mol. The van der Waals surface area contributed by atoms with Crippen molar-refractivity contribution >= 4 is 8.38 Å². The molecule has 0 amide bonds. The second-order valence-electron chi connectivity index (χ2n) is 0.668. The molecule has 4 heteroatoms. The summed E-state index contributed by atoms with van der Waals surface area (Å²) in [5.74, 6) is 0. The summed E-state index contributed by atoms with van der Waals surface area (Å²) < 4.78 is 0. The molecule has 1 unspecified atom stereocenters. The maximum absolute atomic E-state index is 9.52. The third kappa shape index (κ3) is 9.02. The maximum Gasteiger partial charge on any atom is 1.00 e. The Balaban J connectivity index is 0. The number of rotatable bonds is 1. The molecule has 0 spiro atoms. The molecule has 0 radical (unpaired) electrons. The SMILES string of the molecule is CCP([O-])O.[Na+]. The van der Waals surface area contributed by atoms with Crippen LogP contribution in [0.25, 0.3) is 0 Å². The molecular formula is C2H6NaO2P. The summed E-state index contributed by atoms with van der Waals surface area (Å²) in [5, 5.41) is 0. The molecule has 0 aromatic rings. The largest absolute Gasteiger partial charge is 1.00 e. The molecule has 6 heavy (non-hydrogen) atoms. The van der Waals surface area contributed by atoms with Gasteiger partial charge in [0.15, 0.2) is 0 Å². The van der Waals surface area contributed by atoms with E-state index in [1.54, 1.807) is 6.92 Å². The van der Waals surface area contributed by atoms with Crippen LogP contribution in [0.1, 0.15) is 6.92 Å². The van der Waals surface area contributed by atoms with Crippen molar-refractivity contribution < 1.29 is 39.3 Å². The van der Waals surface area contributed by atoms with E-state index in [-0.39, 0.29) is 29.6 Å². The van der Waals surface area contributed by atoms with E-state index >= 15 is 0 Å². The summed E-state index contributed by atoms with van der Waals surface area (Å²) in [6.45, 7) is 1.67. The molecule has 0 bridgehead atoms. The molecule has 2 nitrogen and oxygen atoms in total. The topological polar surface area (TPSA) is 43.3 Å². The van der Waals surface area contributed by atoms with Crippen molar-refractivity contribution in [1.29, 1.82) is 0 Å². The van der Waals surface area contributed by atoms with E-state index in [0.29, 0.717) is 6.16 Å². The fourth-order valence-corrected chi connectivity index (χ4v) is 0. The molecule has 1 atom stereocenters. The van der Waals surface area contributed by atoms with Gasteiger partial charge in [-0.15, -0.1) is 0 Å². The second-order valence-corrected chi connectivity index (χ2v) is 2.01. The summed E-state index contributed by atoms with van der Waals surface area (Å²) in [7, 11) is -1.85. The van der Waals surface area contributed by atoms with Gasteiger partial charge in [0.25, 0.3) is 0 Å². The molecule has 0 aliphatic heterocycles. The molecule has 0 aliphatic rings. The van der Waals surface area contributed by atoms with Gasteiger partial charge in [-0.1, -0.05) is 15.3 Å². The van der Waals surface area contributed by atoms with E-state index in [9.17, 15) is 4.89 Å². The first kappa shape index (κ1) is 10.4. The fourth-order valence-electron chi connectivity index (χ4n) is 0. The minimum absolute atomic E-state index is 0. The van der Waals surface area contributed by atoms with Gasteiger partial charge in [-0.05, 0) is 6.16 Å². The van der Waals surface area contributed by atoms with Crippen LogP contribution in [0, 0.1) is 0 Å². The van der Waals surface area contributed by atoms with Crippen LogP contribution in [-0.2, 0) is 0 Å². The minimum Gasteiger partial charge on any atom is -0.808 e. The molecule has 0 aliphatic carbocycles. The molecule has 0 fully saturated rings. The Morgan fingerprint density at radius 3 is 2.00 bits per heavy atom.